The fraction of sp³-hybridized carbons (Fsp3) is 0.0556. The molecule has 4 nitrogen and oxygen atoms in total. The van der Waals surface area contributed by atoms with Crippen molar-refractivity contribution in [3.63, 3.8) is 0 Å². The fourth-order valence-electron chi connectivity index (χ4n) is 2.26. The molecule has 7 heteroatoms. The Morgan fingerprint density at radius 2 is 1.64 bits per heavy atom. The predicted molar refractivity (Wildman–Crippen MR) is 87.3 cm³/mol. The molecule has 0 radical (unpaired) electrons. The molecule has 0 aliphatic heterocycles. The zero-order chi connectivity index (χ0) is 18.0. The lowest BCUT2D eigenvalue weighted by Gasteiger charge is -2.09. The second kappa shape index (κ2) is 6.35. The van der Waals surface area contributed by atoms with Crippen LogP contribution in [0.15, 0.2) is 67.4 Å². The summed E-state index contributed by atoms with van der Waals surface area (Å²) in [5.41, 5.74) is 2.73. The summed E-state index contributed by atoms with van der Waals surface area (Å²) < 4.78 is 41.9. The van der Waals surface area contributed by atoms with Crippen LogP contribution < -0.4 is 4.74 Å². The molecule has 0 atom stereocenters. The van der Waals surface area contributed by atoms with E-state index >= 15 is 0 Å². The summed E-state index contributed by atoms with van der Waals surface area (Å²) in [6.07, 6.45) is -3.01. The first-order valence-electron chi connectivity index (χ1n) is 7.22. The Hall–Kier alpha value is -3.22. The van der Waals surface area contributed by atoms with E-state index in [0.717, 1.165) is 5.56 Å². The molecule has 2 aromatic carbocycles. The Morgan fingerprint density at radius 3 is 2.20 bits per heavy atom. The van der Waals surface area contributed by atoms with Crippen LogP contribution in [0.5, 0.6) is 5.75 Å². The molecule has 0 aliphatic rings. The van der Waals surface area contributed by atoms with Crippen molar-refractivity contribution >= 4 is 5.76 Å². The Bertz CT molecular complexity index is 882. The molecule has 0 unspecified atom stereocenters. The molecule has 25 heavy (non-hydrogen) atoms. The van der Waals surface area contributed by atoms with Crippen LogP contribution in [0, 0.1) is 0 Å². The van der Waals surface area contributed by atoms with Gasteiger partial charge >= 0.3 is 6.36 Å². The van der Waals surface area contributed by atoms with Gasteiger partial charge in [-0.3, -0.25) is 0 Å². The van der Waals surface area contributed by atoms with Crippen molar-refractivity contribution in [2.45, 2.75) is 6.36 Å². The Labute approximate surface area is 141 Å². The maximum Gasteiger partial charge on any atom is 0.573 e. The van der Waals surface area contributed by atoms with E-state index in [2.05, 4.69) is 16.4 Å². The van der Waals surface area contributed by atoms with E-state index in [-0.39, 0.29) is 11.5 Å². The average Bonchev–Trinajstić information content (AvgIpc) is 3.04. The lowest BCUT2D eigenvalue weighted by atomic mass is 10.1. The second-order valence-electron chi connectivity index (χ2n) is 5.21. The van der Waals surface area contributed by atoms with Gasteiger partial charge in [-0.2, -0.15) is 5.10 Å². The van der Waals surface area contributed by atoms with Gasteiger partial charge in [-0.15, -0.1) is 13.2 Å². The van der Waals surface area contributed by atoms with Crippen molar-refractivity contribution in [3.8, 4) is 22.7 Å². The largest absolute Gasteiger partial charge is 0.573 e. The SMILES string of the molecule is C=C(O)c1ccc(-c2ccn(-c3ccc(OC(F)(F)F)cc3)n2)cc1. The van der Waals surface area contributed by atoms with Crippen LogP contribution in [-0.2, 0) is 0 Å². The van der Waals surface area contributed by atoms with Crippen LogP contribution in [0.2, 0.25) is 0 Å². The average molecular weight is 346 g/mol. The summed E-state index contributed by atoms with van der Waals surface area (Å²) in [4.78, 5) is 0. The number of hydrogen-bond acceptors (Lipinski definition) is 3. The number of rotatable bonds is 4. The van der Waals surface area contributed by atoms with Crippen molar-refractivity contribution in [3.05, 3.63) is 72.9 Å². The first kappa shape index (κ1) is 16.6. The summed E-state index contributed by atoms with van der Waals surface area (Å²) >= 11 is 0. The van der Waals surface area contributed by atoms with Crippen molar-refractivity contribution in [2.75, 3.05) is 0 Å². The summed E-state index contributed by atoms with van der Waals surface area (Å²) in [5.74, 6) is -0.304. The standard InChI is InChI=1S/C18H13F3N2O2/c1-12(24)13-2-4-14(5-3-13)17-10-11-23(22-17)15-6-8-16(9-7-15)25-18(19,20)21/h2-11,24H,1H2. The zero-order valence-electron chi connectivity index (χ0n) is 12.9. The monoisotopic (exact) mass is 346 g/mol. The number of alkyl halides is 3. The molecular formula is C18H13F3N2O2. The minimum absolute atomic E-state index is 0.0155. The highest BCUT2D eigenvalue weighted by atomic mass is 19.4. The molecule has 3 aromatic rings. The molecular weight excluding hydrogens is 333 g/mol. The minimum atomic E-state index is -4.72. The van der Waals surface area contributed by atoms with Crippen LogP contribution in [0.25, 0.3) is 22.7 Å². The summed E-state index contributed by atoms with van der Waals surface area (Å²) in [6, 6.07) is 14.2. The number of ether oxygens (including phenoxy) is 1. The third-order valence-electron chi connectivity index (χ3n) is 3.44. The number of aliphatic hydroxyl groups excluding tert-OH is 1. The van der Waals surface area contributed by atoms with Gasteiger partial charge in [-0.05, 0) is 30.3 Å². The molecule has 1 aromatic heterocycles. The van der Waals surface area contributed by atoms with E-state index in [4.69, 9.17) is 0 Å². The van der Waals surface area contributed by atoms with Gasteiger partial charge in [-0.1, -0.05) is 30.8 Å². The topological polar surface area (TPSA) is 47.3 Å². The smallest absolute Gasteiger partial charge is 0.508 e. The van der Waals surface area contributed by atoms with E-state index in [1.165, 1.54) is 24.3 Å². The van der Waals surface area contributed by atoms with Crippen molar-refractivity contribution in [2.24, 2.45) is 0 Å². The molecule has 0 aliphatic carbocycles. The second-order valence-corrected chi connectivity index (χ2v) is 5.21. The van der Waals surface area contributed by atoms with Crippen LogP contribution >= 0.6 is 0 Å². The molecule has 0 spiro atoms. The third-order valence-corrected chi connectivity index (χ3v) is 3.44. The third kappa shape index (κ3) is 4.00. The number of aromatic nitrogens is 2. The summed E-state index contributed by atoms with van der Waals surface area (Å²) in [6.45, 7) is 3.46. The van der Waals surface area contributed by atoms with Gasteiger partial charge in [0.25, 0.3) is 0 Å². The van der Waals surface area contributed by atoms with E-state index in [1.54, 1.807) is 41.2 Å². The molecule has 128 valence electrons. The highest BCUT2D eigenvalue weighted by Gasteiger charge is 2.30. The van der Waals surface area contributed by atoms with Crippen molar-refractivity contribution in [1.29, 1.82) is 0 Å². The lowest BCUT2D eigenvalue weighted by molar-refractivity contribution is -0.274. The van der Waals surface area contributed by atoms with E-state index in [9.17, 15) is 18.3 Å². The highest BCUT2D eigenvalue weighted by Crippen LogP contribution is 2.25. The lowest BCUT2D eigenvalue weighted by Crippen LogP contribution is -2.17. The maximum absolute atomic E-state index is 12.2. The van der Waals surface area contributed by atoms with Gasteiger partial charge in [0.2, 0.25) is 0 Å². The number of halogens is 3. The number of aliphatic hydroxyl groups is 1. The Balaban J connectivity index is 1.80. The predicted octanol–water partition coefficient (Wildman–Crippen LogP) is 4.97. The molecule has 0 fully saturated rings. The first-order valence-corrected chi connectivity index (χ1v) is 7.22. The Morgan fingerprint density at radius 1 is 1.00 bits per heavy atom. The van der Waals surface area contributed by atoms with Crippen LogP contribution in [-0.4, -0.2) is 21.2 Å². The van der Waals surface area contributed by atoms with Gasteiger partial charge < -0.3 is 9.84 Å². The van der Waals surface area contributed by atoms with E-state index in [0.29, 0.717) is 16.9 Å². The van der Waals surface area contributed by atoms with E-state index in [1.807, 2.05) is 0 Å². The van der Waals surface area contributed by atoms with Crippen LogP contribution in [0.4, 0.5) is 13.2 Å². The summed E-state index contributed by atoms with van der Waals surface area (Å²) in [7, 11) is 0. The maximum atomic E-state index is 12.2. The molecule has 0 saturated heterocycles. The molecule has 1 heterocycles. The molecule has 0 bridgehead atoms. The normalized spacial score (nSPS) is 11.3. The quantitative estimate of drug-likeness (QED) is 0.679. The minimum Gasteiger partial charge on any atom is -0.508 e. The Kier molecular flexibility index (Phi) is 4.22. The van der Waals surface area contributed by atoms with Crippen molar-refractivity contribution in [1.82, 2.24) is 9.78 Å². The van der Waals surface area contributed by atoms with Crippen molar-refractivity contribution < 1.29 is 23.0 Å². The van der Waals surface area contributed by atoms with Gasteiger partial charge in [0.05, 0.1) is 11.4 Å². The van der Waals surface area contributed by atoms with Gasteiger partial charge in [0, 0.05) is 17.3 Å². The number of benzene rings is 2. The van der Waals surface area contributed by atoms with Gasteiger partial charge in [0.15, 0.2) is 0 Å². The van der Waals surface area contributed by atoms with Gasteiger partial charge in [-0.25, -0.2) is 4.68 Å². The zero-order valence-corrected chi connectivity index (χ0v) is 12.9. The first-order chi connectivity index (χ1) is 11.8. The summed E-state index contributed by atoms with van der Waals surface area (Å²) in [5, 5.41) is 13.7. The van der Waals surface area contributed by atoms with E-state index < -0.39 is 6.36 Å². The van der Waals surface area contributed by atoms with Crippen LogP contribution in [0.3, 0.4) is 0 Å². The fourth-order valence-corrected chi connectivity index (χ4v) is 2.26. The molecule has 0 saturated carbocycles. The number of nitrogens with zero attached hydrogens (tertiary/aromatic N) is 2. The highest BCUT2D eigenvalue weighted by molar-refractivity contribution is 5.64. The molecule has 0 amide bonds. The van der Waals surface area contributed by atoms with Gasteiger partial charge in [0.1, 0.15) is 11.5 Å². The molecule has 1 N–H and O–H groups in total. The molecule has 3 rings (SSSR count). The van der Waals surface area contributed by atoms with Crippen LogP contribution in [0.1, 0.15) is 5.56 Å². The number of hydrogen-bond donors (Lipinski definition) is 1.